The molecule has 4 nitrogen and oxygen atoms in total. The lowest BCUT2D eigenvalue weighted by atomic mass is 10.3. The van der Waals surface area contributed by atoms with Crippen LogP contribution >= 0.6 is 11.6 Å². The fourth-order valence-corrected chi connectivity index (χ4v) is 1.94. The number of pyridine rings is 1. The average molecular weight is 271 g/mol. The Morgan fingerprint density at radius 2 is 2.44 bits per heavy atom. The third kappa shape index (κ3) is 3.83. The highest BCUT2D eigenvalue weighted by Crippen LogP contribution is 2.19. The molecule has 1 unspecified atom stereocenters. The molecule has 18 heavy (non-hydrogen) atoms. The van der Waals surface area contributed by atoms with E-state index in [0.717, 1.165) is 37.5 Å². The highest BCUT2D eigenvalue weighted by atomic mass is 35.5. The third-order valence-corrected chi connectivity index (χ3v) is 3.16. The fraction of sp³-hybridized carbons (Fsp3) is 0.615. The number of halogens is 1. The Kier molecular flexibility index (Phi) is 5.23. The molecule has 1 fully saturated rings. The largest absolute Gasteiger partial charge is 0.379 e. The number of aromatic nitrogens is 1. The van der Waals surface area contributed by atoms with E-state index in [2.05, 4.69) is 17.2 Å². The summed E-state index contributed by atoms with van der Waals surface area (Å²) < 4.78 is 11.0. The summed E-state index contributed by atoms with van der Waals surface area (Å²) in [6, 6.07) is 3.75. The normalized spacial score (nSPS) is 19.1. The van der Waals surface area contributed by atoms with Crippen molar-refractivity contribution < 1.29 is 9.47 Å². The molecule has 0 aliphatic carbocycles. The van der Waals surface area contributed by atoms with Gasteiger partial charge in [0.2, 0.25) is 0 Å². The van der Waals surface area contributed by atoms with Crippen molar-refractivity contribution in [3.8, 4) is 0 Å². The fourth-order valence-electron chi connectivity index (χ4n) is 1.78. The van der Waals surface area contributed by atoms with Gasteiger partial charge in [0.05, 0.1) is 30.0 Å². The average Bonchev–Trinajstić information content (AvgIpc) is 2.89. The molecule has 0 amide bonds. The Morgan fingerprint density at radius 3 is 3.17 bits per heavy atom. The molecule has 0 bridgehead atoms. The van der Waals surface area contributed by atoms with Crippen LogP contribution in [0.2, 0.25) is 5.02 Å². The summed E-state index contributed by atoms with van der Waals surface area (Å²) in [6.07, 6.45) is 2.19. The van der Waals surface area contributed by atoms with Crippen LogP contribution in [-0.2, 0) is 16.1 Å². The highest BCUT2D eigenvalue weighted by Gasteiger charge is 2.16. The second kappa shape index (κ2) is 6.92. The molecule has 0 spiro atoms. The topological polar surface area (TPSA) is 43.4 Å². The van der Waals surface area contributed by atoms with Gasteiger partial charge in [0, 0.05) is 13.2 Å². The molecule has 0 aromatic carbocycles. The minimum absolute atomic E-state index is 0.176. The maximum atomic E-state index is 6.11. The van der Waals surface area contributed by atoms with Crippen molar-refractivity contribution in [2.45, 2.75) is 32.5 Å². The number of ether oxygens (including phenoxy) is 2. The maximum absolute atomic E-state index is 6.11. The Morgan fingerprint density at radius 1 is 1.56 bits per heavy atom. The molecule has 1 aliphatic rings. The van der Waals surface area contributed by atoms with E-state index in [1.807, 2.05) is 12.1 Å². The van der Waals surface area contributed by atoms with Crippen LogP contribution in [0.4, 0.5) is 5.82 Å². The second-order valence-corrected chi connectivity index (χ2v) is 4.76. The zero-order valence-corrected chi connectivity index (χ0v) is 11.4. The van der Waals surface area contributed by atoms with Gasteiger partial charge < -0.3 is 14.8 Å². The minimum Gasteiger partial charge on any atom is -0.379 e. The van der Waals surface area contributed by atoms with Gasteiger partial charge in [-0.2, -0.15) is 0 Å². The van der Waals surface area contributed by atoms with Gasteiger partial charge in [0.1, 0.15) is 5.82 Å². The summed E-state index contributed by atoms with van der Waals surface area (Å²) in [5, 5.41) is 3.89. The number of anilines is 1. The first kappa shape index (κ1) is 13.6. The predicted molar refractivity (Wildman–Crippen MR) is 72.0 cm³/mol. The van der Waals surface area contributed by atoms with E-state index >= 15 is 0 Å². The van der Waals surface area contributed by atoms with E-state index in [4.69, 9.17) is 21.1 Å². The second-order valence-electron chi connectivity index (χ2n) is 4.35. The summed E-state index contributed by atoms with van der Waals surface area (Å²) in [5.74, 6) is 0.850. The van der Waals surface area contributed by atoms with Crippen molar-refractivity contribution in [3.05, 3.63) is 22.8 Å². The summed E-state index contributed by atoms with van der Waals surface area (Å²) in [4.78, 5) is 4.46. The van der Waals surface area contributed by atoms with Crippen molar-refractivity contribution in [1.29, 1.82) is 0 Å². The molecule has 1 aromatic rings. The zero-order chi connectivity index (χ0) is 12.8. The Bertz CT molecular complexity index is 381. The van der Waals surface area contributed by atoms with Crippen LogP contribution in [0.15, 0.2) is 12.1 Å². The van der Waals surface area contributed by atoms with Gasteiger partial charge in [-0.25, -0.2) is 4.98 Å². The van der Waals surface area contributed by atoms with E-state index < -0.39 is 0 Å². The van der Waals surface area contributed by atoms with Gasteiger partial charge in [-0.3, -0.25) is 0 Å². The van der Waals surface area contributed by atoms with E-state index in [1.165, 1.54) is 0 Å². The van der Waals surface area contributed by atoms with Crippen LogP contribution in [0.3, 0.4) is 0 Å². The molecule has 0 saturated carbocycles. The minimum atomic E-state index is 0.176. The SMILES string of the molecule is CCCNc1ccc(Cl)c(COC2CCOC2)n1. The number of rotatable bonds is 6. The predicted octanol–water partition coefficient (Wildman–Crippen LogP) is 2.86. The number of nitrogens with zero attached hydrogens (tertiary/aromatic N) is 1. The molecule has 5 heteroatoms. The summed E-state index contributed by atoms with van der Waals surface area (Å²) >= 11 is 6.11. The molecular weight excluding hydrogens is 252 g/mol. The summed E-state index contributed by atoms with van der Waals surface area (Å²) in [6.45, 7) is 4.92. The van der Waals surface area contributed by atoms with Crippen molar-refractivity contribution in [1.82, 2.24) is 4.98 Å². The zero-order valence-electron chi connectivity index (χ0n) is 10.6. The third-order valence-electron chi connectivity index (χ3n) is 2.82. The molecule has 1 aromatic heterocycles. The monoisotopic (exact) mass is 270 g/mol. The Balaban J connectivity index is 1.92. The van der Waals surface area contributed by atoms with Crippen molar-refractivity contribution in [2.24, 2.45) is 0 Å². The van der Waals surface area contributed by atoms with Crippen molar-refractivity contribution in [2.75, 3.05) is 25.1 Å². The standard InChI is InChI=1S/C13H19ClN2O2/c1-2-6-15-13-4-3-11(14)12(16-13)9-18-10-5-7-17-8-10/h3-4,10H,2,5-9H2,1H3,(H,15,16). The molecule has 100 valence electrons. The van der Waals surface area contributed by atoms with Crippen molar-refractivity contribution >= 4 is 17.4 Å². The number of hydrogen-bond donors (Lipinski definition) is 1. The Hall–Kier alpha value is -0.840. The van der Waals surface area contributed by atoms with Crippen LogP contribution < -0.4 is 5.32 Å². The lowest BCUT2D eigenvalue weighted by Gasteiger charge is -2.12. The molecular formula is C13H19ClN2O2. The summed E-state index contributed by atoms with van der Waals surface area (Å²) in [7, 11) is 0. The molecule has 1 aliphatic heterocycles. The van der Waals surface area contributed by atoms with Gasteiger partial charge >= 0.3 is 0 Å². The van der Waals surface area contributed by atoms with Crippen LogP contribution in [0, 0.1) is 0 Å². The number of hydrogen-bond acceptors (Lipinski definition) is 4. The first-order valence-electron chi connectivity index (χ1n) is 6.38. The Labute approximate surface area is 113 Å². The lowest BCUT2D eigenvalue weighted by molar-refractivity contribution is 0.0302. The highest BCUT2D eigenvalue weighted by molar-refractivity contribution is 6.31. The number of nitrogens with one attached hydrogen (secondary N) is 1. The molecule has 1 N–H and O–H groups in total. The van der Waals surface area contributed by atoms with Crippen LogP contribution in [-0.4, -0.2) is 30.8 Å². The van der Waals surface area contributed by atoms with E-state index in [1.54, 1.807) is 0 Å². The van der Waals surface area contributed by atoms with Crippen LogP contribution in [0.1, 0.15) is 25.5 Å². The quantitative estimate of drug-likeness (QED) is 0.863. The molecule has 2 rings (SSSR count). The van der Waals surface area contributed by atoms with E-state index in [9.17, 15) is 0 Å². The molecule has 1 saturated heterocycles. The van der Waals surface area contributed by atoms with Gasteiger partial charge in [-0.05, 0) is 25.0 Å². The van der Waals surface area contributed by atoms with Crippen LogP contribution in [0.5, 0.6) is 0 Å². The van der Waals surface area contributed by atoms with Crippen molar-refractivity contribution in [3.63, 3.8) is 0 Å². The lowest BCUT2D eigenvalue weighted by Crippen LogP contribution is -2.13. The molecule has 1 atom stereocenters. The first-order chi connectivity index (χ1) is 8.79. The first-order valence-corrected chi connectivity index (χ1v) is 6.76. The maximum Gasteiger partial charge on any atom is 0.126 e. The van der Waals surface area contributed by atoms with Gasteiger partial charge in [-0.15, -0.1) is 0 Å². The van der Waals surface area contributed by atoms with Gasteiger partial charge in [0.15, 0.2) is 0 Å². The van der Waals surface area contributed by atoms with Gasteiger partial charge in [0.25, 0.3) is 0 Å². The van der Waals surface area contributed by atoms with Crippen LogP contribution in [0.25, 0.3) is 0 Å². The molecule has 2 heterocycles. The summed E-state index contributed by atoms with van der Waals surface area (Å²) in [5.41, 5.74) is 0.782. The van der Waals surface area contributed by atoms with Gasteiger partial charge in [-0.1, -0.05) is 18.5 Å². The smallest absolute Gasteiger partial charge is 0.126 e. The molecule has 0 radical (unpaired) electrons. The van der Waals surface area contributed by atoms with E-state index in [0.29, 0.717) is 18.2 Å². The van der Waals surface area contributed by atoms with E-state index in [-0.39, 0.29) is 6.10 Å².